The van der Waals surface area contributed by atoms with E-state index in [1.165, 1.54) is 6.92 Å². The van der Waals surface area contributed by atoms with Crippen molar-refractivity contribution in [3.05, 3.63) is 28.5 Å². The van der Waals surface area contributed by atoms with Crippen molar-refractivity contribution < 1.29 is 27.8 Å². The van der Waals surface area contributed by atoms with Crippen molar-refractivity contribution in [1.29, 1.82) is 0 Å². The summed E-state index contributed by atoms with van der Waals surface area (Å²) < 4.78 is 44.6. The number of aromatic hydroxyl groups is 1. The van der Waals surface area contributed by atoms with Gasteiger partial charge in [0.15, 0.2) is 0 Å². The molecule has 0 spiro atoms. The lowest BCUT2D eigenvalue weighted by Crippen LogP contribution is -2.41. The molecular formula is C11H11ClF3NO3. The maximum atomic E-state index is 13.7. The molecule has 0 aliphatic rings. The van der Waals surface area contributed by atoms with E-state index in [4.69, 9.17) is 17.3 Å². The number of hydrogen-bond donors (Lipinski definition) is 2. The lowest BCUT2D eigenvalue weighted by Gasteiger charge is -2.22. The highest BCUT2D eigenvalue weighted by Crippen LogP contribution is 2.38. The minimum Gasteiger partial charge on any atom is -0.506 e. The number of benzene rings is 1. The molecule has 0 saturated carbocycles. The largest absolute Gasteiger partial charge is 0.506 e. The number of rotatable bonds is 4. The van der Waals surface area contributed by atoms with E-state index in [-0.39, 0.29) is 6.61 Å². The summed E-state index contributed by atoms with van der Waals surface area (Å²) in [6, 6.07) is -0.964. The average molecular weight is 298 g/mol. The van der Waals surface area contributed by atoms with E-state index in [0.29, 0.717) is 6.07 Å². The Bertz CT molecular complexity index is 496. The number of hydrogen-bond acceptors (Lipinski definition) is 4. The lowest BCUT2D eigenvalue weighted by molar-refractivity contribution is -0.174. The molecule has 106 valence electrons. The first kappa shape index (κ1) is 15.6. The van der Waals surface area contributed by atoms with Gasteiger partial charge in [-0.05, 0) is 19.1 Å². The molecule has 19 heavy (non-hydrogen) atoms. The molecule has 0 unspecified atom stereocenters. The van der Waals surface area contributed by atoms with Crippen LogP contribution in [0.4, 0.5) is 13.2 Å². The third-order valence-corrected chi connectivity index (χ3v) is 2.62. The van der Waals surface area contributed by atoms with E-state index in [2.05, 4.69) is 4.74 Å². The molecule has 0 aromatic heterocycles. The third kappa shape index (κ3) is 3.10. The lowest BCUT2D eigenvalue weighted by atomic mass is 10.00. The molecule has 0 aliphatic heterocycles. The number of ether oxygens (including phenoxy) is 1. The second kappa shape index (κ2) is 5.66. The maximum absolute atomic E-state index is 13.7. The first-order valence-electron chi connectivity index (χ1n) is 5.20. The summed E-state index contributed by atoms with van der Waals surface area (Å²) >= 11 is 5.45. The first-order valence-corrected chi connectivity index (χ1v) is 5.58. The van der Waals surface area contributed by atoms with Crippen molar-refractivity contribution in [2.24, 2.45) is 5.73 Å². The van der Waals surface area contributed by atoms with Crippen LogP contribution in [0.2, 0.25) is 5.02 Å². The molecule has 1 atom stereocenters. The highest BCUT2D eigenvalue weighted by molar-refractivity contribution is 6.32. The predicted molar refractivity (Wildman–Crippen MR) is 61.6 cm³/mol. The van der Waals surface area contributed by atoms with E-state index < -0.39 is 40.1 Å². The monoisotopic (exact) mass is 297 g/mol. The Kier molecular flexibility index (Phi) is 4.65. The van der Waals surface area contributed by atoms with Gasteiger partial charge in [0.25, 0.3) is 0 Å². The summed E-state index contributed by atoms with van der Waals surface area (Å²) in [7, 11) is 0. The number of phenolic OH excluding ortho intramolecular Hbond substituents is 1. The molecule has 1 aromatic rings. The van der Waals surface area contributed by atoms with Crippen LogP contribution < -0.4 is 5.73 Å². The molecule has 1 rings (SSSR count). The number of phenols is 1. The fourth-order valence-corrected chi connectivity index (χ4v) is 1.59. The molecule has 4 nitrogen and oxygen atoms in total. The molecule has 0 saturated heterocycles. The minimum absolute atomic E-state index is 0.267. The van der Waals surface area contributed by atoms with Gasteiger partial charge in [-0.1, -0.05) is 11.6 Å². The number of carbonyl (C=O) groups is 1. The van der Waals surface area contributed by atoms with Gasteiger partial charge >= 0.3 is 11.9 Å². The van der Waals surface area contributed by atoms with Crippen molar-refractivity contribution in [3.8, 4) is 5.75 Å². The zero-order valence-electron chi connectivity index (χ0n) is 9.79. The molecule has 0 aliphatic carbocycles. The molecule has 0 fully saturated rings. The number of alkyl halides is 2. The fourth-order valence-electron chi connectivity index (χ4n) is 1.37. The minimum atomic E-state index is -4.12. The van der Waals surface area contributed by atoms with Gasteiger partial charge in [0.05, 0.1) is 11.6 Å². The van der Waals surface area contributed by atoms with Crippen LogP contribution in [-0.4, -0.2) is 23.6 Å². The summed E-state index contributed by atoms with van der Waals surface area (Å²) in [5.41, 5.74) is 4.53. The Morgan fingerprint density at radius 2 is 2.16 bits per heavy atom. The molecule has 8 heteroatoms. The third-order valence-electron chi connectivity index (χ3n) is 2.33. The van der Waals surface area contributed by atoms with Crippen LogP contribution in [0.3, 0.4) is 0 Å². The topological polar surface area (TPSA) is 72.5 Å². The smallest absolute Gasteiger partial charge is 0.379 e. The second-order valence-electron chi connectivity index (χ2n) is 3.65. The van der Waals surface area contributed by atoms with E-state index in [1.54, 1.807) is 0 Å². The fraction of sp³-hybridized carbons (Fsp3) is 0.364. The van der Waals surface area contributed by atoms with Crippen molar-refractivity contribution in [2.75, 3.05) is 6.61 Å². The van der Waals surface area contributed by atoms with Crippen molar-refractivity contribution >= 4 is 17.6 Å². The molecule has 1 aromatic carbocycles. The van der Waals surface area contributed by atoms with Crippen molar-refractivity contribution in [1.82, 2.24) is 0 Å². The number of halogens is 4. The Labute approximate surface area is 111 Å². The predicted octanol–water partition coefficient (Wildman–Crippen LogP) is 2.38. The molecular weight excluding hydrogens is 287 g/mol. The van der Waals surface area contributed by atoms with Crippen LogP contribution in [0.25, 0.3) is 0 Å². The highest BCUT2D eigenvalue weighted by atomic mass is 35.5. The van der Waals surface area contributed by atoms with Crippen LogP contribution in [0.15, 0.2) is 12.1 Å². The van der Waals surface area contributed by atoms with E-state index in [1.807, 2.05) is 0 Å². The van der Waals surface area contributed by atoms with Gasteiger partial charge in [-0.3, -0.25) is 0 Å². The summed E-state index contributed by atoms with van der Waals surface area (Å²) in [6.07, 6.45) is 0. The van der Waals surface area contributed by atoms with E-state index in [0.717, 1.165) is 6.07 Å². The van der Waals surface area contributed by atoms with Gasteiger partial charge in [0.2, 0.25) is 0 Å². The van der Waals surface area contributed by atoms with Crippen LogP contribution in [-0.2, 0) is 9.53 Å². The highest BCUT2D eigenvalue weighted by Gasteiger charge is 2.48. The summed E-state index contributed by atoms with van der Waals surface area (Å²) in [5, 5.41) is 9.02. The Hall–Kier alpha value is -1.47. The Morgan fingerprint density at radius 1 is 1.58 bits per heavy atom. The van der Waals surface area contributed by atoms with Crippen LogP contribution in [0.1, 0.15) is 18.5 Å². The molecule has 0 heterocycles. The Morgan fingerprint density at radius 3 is 2.68 bits per heavy atom. The number of esters is 1. The van der Waals surface area contributed by atoms with E-state index >= 15 is 0 Å². The van der Waals surface area contributed by atoms with Crippen molar-refractivity contribution in [3.63, 3.8) is 0 Å². The molecule has 3 N–H and O–H groups in total. The summed E-state index contributed by atoms with van der Waals surface area (Å²) in [6.45, 7) is 1.08. The van der Waals surface area contributed by atoms with Gasteiger partial charge < -0.3 is 15.6 Å². The average Bonchev–Trinajstić information content (AvgIpc) is 2.33. The molecule has 0 bridgehead atoms. The van der Waals surface area contributed by atoms with Gasteiger partial charge in [-0.2, -0.15) is 8.78 Å². The standard InChI is InChI=1S/C11H11ClF3NO3/c1-2-19-10(18)11(14,15)9(16)6-3-5(13)4-7(12)8(6)17/h3-4,9,17H,2,16H2,1H3/t9-/m1/s1. The van der Waals surface area contributed by atoms with E-state index in [9.17, 15) is 23.1 Å². The zero-order chi connectivity index (χ0) is 14.8. The zero-order valence-corrected chi connectivity index (χ0v) is 10.5. The van der Waals surface area contributed by atoms with Crippen LogP contribution in [0.5, 0.6) is 5.75 Å². The normalized spacial score (nSPS) is 13.2. The van der Waals surface area contributed by atoms with Crippen molar-refractivity contribution in [2.45, 2.75) is 18.9 Å². The summed E-state index contributed by atoms with van der Waals surface area (Å²) in [4.78, 5) is 11.1. The SMILES string of the molecule is CCOC(=O)C(F)(F)[C@H](N)c1cc(F)cc(Cl)c1O. The maximum Gasteiger partial charge on any atom is 0.379 e. The second-order valence-corrected chi connectivity index (χ2v) is 4.05. The summed E-state index contributed by atoms with van der Waals surface area (Å²) in [5.74, 6) is -7.75. The quantitative estimate of drug-likeness (QED) is 0.837. The van der Waals surface area contributed by atoms with Gasteiger partial charge in [0, 0.05) is 5.56 Å². The van der Waals surface area contributed by atoms with Gasteiger partial charge in [-0.15, -0.1) is 0 Å². The first-order chi connectivity index (χ1) is 8.71. The van der Waals surface area contributed by atoms with Crippen LogP contribution in [0, 0.1) is 5.82 Å². The van der Waals surface area contributed by atoms with Crippen LogP contribution >= 0.6 is 11.6 Å². The number of nitrogens with two attached hydrogens (primary N) is 1. The Balaban J connectivity index is 3.19. The van der Waals surface area contributed by atoms with Gasteiger partial charge in [0.1, 0.15) is 17.6 Å². The molecule has 0 amide bonds. The number of carbonyl (C=O) groups excluding carboxylic acids is 1. The molecule has 0 radical (unpaired) electrons. The van der Waals surface area contributed by atoms with Gasteiger partial charge in [-0.25, -0.2) is 9.18 Å².